The molecule has 0 fully saturated rings. The third-order valence-electron chi connectivity index (χ3n) is 2.50. The molecule has 0 aliphatic carbocycles. The van der Waals surface area contributed by atoms with Gasteiger partial charge in [-0.3, -0.25) is 4.79 Å². The van der Waals surface area contributed by atoms with Gasteiger partial charge in [-0.2, -0.15) is 0 Å². The minimum Gasteiger partial charge on any atom is -0.462 e. The molecule has 0 radical (unpaired) electrons. The van der Waals surface area contributed by atoms with Crippen molar-refractivity contribution >= 4 is 29.4 Å². The maximum absolute atomic E-state index is 11.7. The molecule has 0 aliphatic rings. The van der Waals surface area contributed by atoms with Crippen molar-refractivity contribution in [1.29, 1.82) is 0 Å². The molecule has 2 aromatic rings. The first-order chi connectivity index (χ1) is 9.17. The van der Waals surface area contributed by atoms with Gasteiger partial charge in [-0.25, -0.2) is 0 Å². The van der Waals surface area contributed by atoms with Gasteiger partial charge in [0, 0.05) is 16.7 Å². The van der Waals surface area contributed by atoms with E-state index in [1.165, 1.54) is 6.08 Å². The van der Waals surface area contributed by atoms with E-state index >= 15 is 0 Å². The third-order valence-corrected chi connectivity index (χ3v) is 3.22. The van der Waals surface area contributed by atoms with Crippen LogP contribution in [0.4, 0.5) is 5.69 Å². The minimum atomic E-state index is -0.174. The molecule has 0 saturated heterocycles. The Kier molecular flexibility index (Phi) is 4.47. The Hall–Kier alpha value is -1.94. The minimum absolute atomic E-state index is 0.174. The third kappa shape index (κ3) is 4.03. The van der Waals surface area contributed by atoms with E-state index in [1.54, 1.807) is 17.8 Å². The number of rotatable bonds is 4. The Labute approximate surface area is 116 Å². The number of carbonyl (C=O) groups excluding carboxylic acids is 1. The summed E-state index contributed by atoms with van der Waals surface area (Å²) in [6.07, 6.45) is 5.12. The van der Waals surface area contributed by atoms with Crippen LogP contribution in [0.15, 0.2) is 51.8 Å². The molecule has 0 saturated carbocycles. The van der Waals surface area contributed by atoms with E-state index in [4.69, 9.17) is 4.42 Å². The van der Waals surface area contributed by atoms with E-state index in [2.05, 4.69) is 5.32 Å². The van der Waals surface area contributed by atoms with Crippen molar-refractivity contribution in [2.45, 2.75) is 11.8 Å². The summed E-state index contributed by atoms with van der Waals surface area (Å²) in [7, 11) is 0. The first-order valence-electron chi connectivity index (χ1n) is 5.87. The van der Waals surface area contributed by atoms with E-state index in [1.807, 2.05) is 49.6 Å². The summed E-state index contributed by atoms with van der Waals surface area (Å²) in [6.45, 7) is 1.87. The molecule has 0 spiro atoms. The number of furan rings is 1. The van der Waals surface area contributed by atoms with Crippen molar-refractivity contribution in [2.24, 2.45) is 0 Å². The zero-order valence-corrected chi connectivity index (χ0v) is 11.7. The first-order valence-corrected chi connectivity index (χ1v) is 7.09. The summed E-state index contributed by atoms with van der Waals surface area (Å²) < 4.78 is 5.35. The molecule has 1 amide bonds. The Morgan fingerprint density at radius 3 is 2.84 bits per heavy atom. The highest BCUT2D eigenvalue weighted by atomic mass is 32.2. The van der Waals surface area contributed by atoms with E-state index in [-0.39, 0.29) is 5.91 Å². The predicted molar refractivity (Wildman–Crippen MR) is 79.3 cm³/mol. The van der Waals surface area contributed by atoms with Crippen LogP contribution in [-0.2, 0) is 4.79 Å². The van der Waals surface area contributed by atoms with E-state index in [0.717, 1.165) is 16.3 Å². The highest BCUT2D eigenvalue weighted by molar-refractivity contribution is 7.98. The lowest BCUT2D eigenvalue weighted by atomic mass is 10.3. The van der Waals surface area contributed by atoms with Crippen LogP contribution in [0.25, 0.3) is 6.08 Å². The monoisotopic (exact) mass is 273 g/mol. The molecule has 2 rings (SSSR count). The Morgan fingerprint density at radius 2 is 2.16 bits per heavy atom. The SMILES string of the molecule is CSc1cccc(NC(=O)C=Cc2ccc(C)o2)c1. The van der Waals surface area contributed by atoms with Crippen molar-refractivity contribution in [1.82, 2.24) is 0 Å². The van der Waals surface area contributed by atoms with Gasteiger partial charge < -0.3 is 9.73 Å². The van der Waals surface area contributed by atoms with Gasteiger partial charge in [0.2, 0.25) is 5.91 Å². The number of hydrogen-bond donors (Lipinski definition) is 1. The Bertz CT molecular complexity index is 602. The fourth-order valence-electron chi connectivity index (χ4n) is 1.59. The number of nitrogens with one attached hydrogen (secondary N) is 1. The van der Waals surface area contributed by atoms with Gasteiger partial charge in [0.1, 0.15) is 11.5 Å². The van der Waals surface area contributed by atoms with Crippen LogP contribution in [0, 0.1) is 6.92 Å². The van der Waals surface area contributed by atoms with Crippen LogP contribution in [0.5, 0.6) is 0 Å². The normalized spacial score (nSPS) is 10.8. The summed E-state index contributed by atoms with van der Waals surface area (Å²) in [5, 5.41) is 2.81. The summed E-state index contributed by atoms with van der Waals surface area (Å²) in [4.78, 5) is 12.9. The van der Waals surface area contributed by atoms with Crippen LogP contribution in [0.2, 0.25) is 0 Å². The molecule has 1 aromatic carbocycles. The fourth-order valence-corrected chi connectivity index (χ4v) is 2.05. The lowest BCUT2D eigenvalue weighted by Gasteiger charge is -2.03. The van der Waals surface area contributed by atoms with Gasteiger partial charge in [-0.05, 0) is 49.6 Å². The smallest absolute Gasteiger partial charge is 0.248 e. The maximum atomic E-state index is 11.7. The van der Waals surface area contributed by atoms with E-state index < -0.39 is 0 Å². The number of carbonyl (C=O) groups is 1. The molecule has 1 heterocycles. The molecule has 98 valence electrons. The standard InChI is InChI=1S/C15H15NO2S/c1-11-6-7-13(18-11)8-9-15(17)16-12-4-3-5-14(10-12)19-2/h3-10H,1-2H3,(H,16,17). The van der Waals surface area contributed by atoms with Crippen molar-refractivity contribution in [3.63, 3.8) is 0 Å². The topological polar surface area (TPSA) is 42.2 Å². The maximum Gasteiger partial charge on any atom is 0.248 e. The second kappa shape index (κ2) is 6.29. The van der Waals surface area contributed by atoms with Gasteiger partial charge in [-0.1, -0.05) is 6.07 Å². The Morgan fingerprint density at radius 1 is 1.32 bits per heavy atom. The van der Waals surface area contributed by atoms with Crippen LogP contribution in [-0.4, -0.2) is 12.2 Å². The van der Waals surface area contributed by atoms with Gasteiger partial charge in [-0.15, -0.1) is 11.8 Å². The van der Waals surface area contributed by atoms with Crippen LogP contribution < -0.4 is 5.32 Å². The summed E-state index contributed by atoms with van der Waals surface area (Å²) in [5.74, 6) is 1.32. The predicted octanol–water partition coefficient (Wildman–Crippen LogP) is 3.96. The molecule has 1 N–H and O–H groups in total. The molecular formula is C15H15NO2S. The van der Waals surface area contributed by atoms with Gasteiger partial charge >= 0.3 is 0 Å². The van der Waals surface area contributed by atoms with Gasteiger partial charge in [0.05, 0.1) is 0 Å². The molecule has 4 heteroatoms. The van der Waals surface area contributed by atoms with E-state index in [9.17, 15) is 4.79 Å². The van der Waals surface area contributed by atoms with Crippen LogP contribution in [0.1, 0.15) is 11.5 Å². The second-order valence-electron chi connectivity index (χ2n) is 4.00. The lowest BCUT2D eigenvalue weighted by Crippen LogP contribution is -2.07. The molecule has 0 atom stereocenters. The lowest BCUT2D eigenvalue weighted by molar-refractivity contribution is -0.111. The summed E-state index contributed by atoms with van der Waals surface area (Å²) >= 11 is 1.64. The summed E-state index contributed by atoms with van der Waals surface area (Å²) in [5.41, 5.74) is 0.789. The number of hydrogen-bond acceptors (Lipinski definition) is 3. The number of aryl methyl sites for hydroxylation is 1. The highest BCUT2D eigenvalue weighted by Gasteiger charge is 2.00. The zero-order valence-electron chi connectivity index (χ0n) is 10.8. The second-order valence-corrected chi connectivity index (χ2v) is 4.88. The molecule has 0 unspecified atom stereocenters. The van der Waals surface area contributed by atoms with Crippen LogP contribution >= 0.6 is 11.8 Å². The van der Waals surface area contributed by atoms with Crippen LogP contribution in [0.3, 0.4) is 0 Å². The number of thioether (sulfide) groups is 1. The molecule has 0 bridgehead atoms. The fraction of sp³-hybridized carbons (Fsp3) is 0.133. The largest absolute Gasteiger partial charge is 0.462 e. The molecule has 0 aliphatic heterocycles. The Balaban J connectivity index is 1.99. The zero-order chi connectivity index (χ0) is 13.7. The van der Waals surface area contributed by atoms with Crippen molar-refractivity contribution in [2.75, 3.05) is 11.6 Å². The summed E-state index contributed by atoms with van der Waals surface area (Å²) in [6, 6.07) is 11.4. The average Bonchev–Trinajstić information content (AvgIpc) is 2.82. The van der Waals surface area contributed by atoms with Crippen molar-refractivity contribution in [3.8, 4) is 0 Å². The molecule has 1 aromatic heterocycles. The molecular weight excluding hydrogens is 258 g/mol. The number of amides is 1. The molecule has 3 nitrogen and oxygen atoms in total. The average molecular weight is 273 g/mol. The van der Waals surface area contributed by atoms with Gasteiger partial charge in [0.15, 0.2) is 0 Å². The van der Waals surface area contributed by atoms with Gasteiger partial charge in [0.25, 0.3) is 0 Å². The highest BCUT2D eigenvalue weighted by Crippen LogP contribution is 2.19. The van der Waals surface area contributed by atoms with Crippen molar-refractivity contribution in [3.05, 3.63) is 54.0 Å². The number of anilines is 1. The number of benzene rings is 1. The molecule has 19 heavy (non-hydrogen) atoms. The van der Waals surface area contributed by atoms with E-state index in [0.29, 0.717) is 5.76 Å². The quantitative estimate of drug-likeness (QED) is 0.677. The van der Waals surface area contributed by atoms with Crippen molar-refractivity contribution < 1.29 is 9.21 Å². The first kappa shape index (κ1) is 13.5.